The van der Waals surface area contributed by atoms with Crippen molar-refractivity contribution in [2.24, 2.45) is 23.7 Å². The molecule has 0 bridgehead atoms. The summed E-state index contributed by atoms with van der Waals surface area (Å²) in [6.45, 7) is 32.9. The van der Waals surface area contributed by atoms with Crippen LogP contribution in [0.4, 0.5) is 17.6 Å². The molecule has 0 spiro atoms. The van der Waals surface area contributed by atoms with Gasteiger partial charge in [-0.2, -0.15) is 0 Å². The molecule has 8 aromatic rings. The second kappa shape index (κ2) is 50.7. The maximum Gasteiger partial charge on any atom is 0.302 e. The van der Waals surface area contributed by atoms with Gasteiger partial charge in [-0.05, 0) is 281 Å². The molecule has 4 fully saturated rings. The minimum absolute atomic E-state index is 0.00399. The standard InChI is InChI=1S/4C26H31FN2O4.C4H8O2/c4*1-16(2)15-33-20-10-11-21(17(3)14-20)24(30)22-23(18-6-8-19(27)9-7-18)29(13-12-28(4)5)26(32)25(22)31;1-3-6-4(2)5/h4*6-11,14,16,23,30H,12-13,15H2,1-5H3;3H2,1-2H3/b4*24-22+;. The second-order valence-corrected chi connectivity index (χ2v) is 37.0. The lowest BCUT2D eigenvalue weighted by molar-refractivity contribution is -0.140. The van der Waals surface area contributed by atoms with Crippen LogP contribution >= 0.6 is 0 Å². The zero-order chi connectivity index (χ0) is 102. The van der Waals surface area contributed by atoms with Crippen molar-refractivity contribution in [2.45, 2.75) is 121 Å². The first-order valence-electron chi connectivity index (χ1n) is 46.0. The third-order valence-corrected chi connectivity index (χ3v) is 22.5. The molecular weight excluding hydrogens is 1770 g/mol. The molecule has 0 saturated carbocycles. The van der Waals surface area contributed by atoms with E-state index in [1.54, 1.807) is 79.7 Å². The first-order chi connectivity index (χ1) is 65.2. The average Bonchev–Trinajstić information content (AvgIpc) is 1.63. The summed E-state index contributed by atoms with van der Waals surface area (Å²) in [4.78, 5) is 127. The fourth-order valence-corrected chi connectivity index (χ4v) is 15.4. The topological polar surface area (TPSA) is 307 Å². The summed E-state index contributed by atoms with van der Waals surface area (Å²) in [6.07, 6.45) is 0. The molecule has 0 aliphatic carbocycles. The lowest BCUT2D eigenvalue weighted by Gasteiger charge is -2.26. The van der Waals surface area contributed by atoms with E-state index in [0.717, 1.165) is 0 Å². The van der Waals surface area contributed by atoms with Gasteiger partial charge in [0.1, 0.15) is 69.3 Å². The van der Waals surface area contributed by atoms with Gasteiger partial charge in [0.05, 0.1) is 79.5 Å². The number of hydrogen-bond acceptors (Lipinski definition) is 22. The normalized spacial score (nSPS) is 17.5. The quantitative estimate of drug-likeness (QED) is 0.00976. The second-order valence-electron chi connectivity index (χ2n) is 37.0. The highest BCUT2D eigenvalue weighted by Crippen LogP contribution is 2.46. The number of rotatable bonds is 33. The number of nitrogens with zero attached hydrogens (tertiary/aromatic N) is 8. The predicted molar refractivity (Wildman–Crippen MR) is 524 cm³/mol. The molecule has 138 heavy (non-hydrogen) atoms. The fourth-order valence-electron chi connectivity index (χ4n) is 15.4. The highest BCUT2D eigenvalue weighted by molar-refractivity contribution is 6.48. The Balaban J connectivity index is 0.000000221. The van der Waals surface area contributed by atoms with E-state index in [-0.39, 0.29) is 77.5 Å². The Morgan fingerprint density at radius 1 is 0.319 bits per heavy atom. The van der Waals surface area contributed by atoms with Crippen molar-refractivity contribution < 1.29 is 105 Å². The summed E-state index contributed by atoms with van der Waals surface area (Å²) < 4.78 is 81.7. The third-order valence-electron chi connectivity index (χ3n) is 22.5. The van der Waals surface area contributed by atoms with Crippen LogP contribution in [-0.2, 0) is 47.9 Å². The molecule has 4 heterocycles. The van der Waals surface area contributed by atoms with Crippen molar-refractivity contribution in [1.29, 1.82) is 0 Å². The molecule has 4 atom stereocenters. The third kappa shape index (κ3) is 29.2. The number of benzene rings is 8. The summed E-state index contributed by atoms with van der Waals surface area (Å²) in [5.74, 6) is -4.46. The monoisotopic (exact) mass is 1900 g/mol. The minimum Gasteiger partial charge on any atom is -0.507 e. The molecule has 4 aliphatic heterocycles. The van der Waals surface area contributed by atoms with E-state index in [1.165, 1.54) is 124 Å². The number of halogens is 4. The Kier molecular flexibility index (Phi) is 40.4. The minimum atomic E-state index is -0.804. The van der Waals surface area contributed by atoms with Crippen LogP contribution < -0.4 is 18.9 Å². The first kappa shape index (κ1) is 110. The average molecular weight is 1910 g/mol. The maximum atomic E-state index is 13.6. The van der Waals surface area contributed by atoms with Crippen molar-refractivity contribution >= 4 is 75.8 Å². The van der Waals surface area contributed by atoms with Gasteiger partial charge in [0.15, 0.2) is 0 Å². The highest BCUT2D eigenvalue weighted by atomic mass is 19.1. The van der Waals surface area contributed by atoms with Gasteiger partial charge in [0, 0.05) is 81.5 Å². The van der Waals surface area contributed by atoms with Crippen molar-refractivity contribution in [1.82, 2.24) is 39.2 Å². The van der Waals surface area contributed by atoms with Crippen LogP contribution in [-0.4, -0.2) is 254 Å². The van der Waals surface area contributed by atoms with Crippen LogP contribution in [0.2, 0.25) is 0 Å². The molecule has 4 saturated heterocycles. The van der Waals surface area contributed by atoms with Gasteiger partial charge in [0.25, 0.3) is 46.8 Å². The SMILES string of the molecule is CCOC(C)=O.Cc1cc(OCC(C)C)ccc1/C(O)=C1\C(=O)C(=O)N(CCN(C)C)C1c1ccc(F)cc1.Cc1cc(OCC(C)C)ccc1/C(O)=C1\C(=O)C(=O)N(CCN(C)C)C1c1ccc(F)cc1.Cc1cc(OCC(C)C)ccc1/C(O)=C1\C(=O)C(=O)N(CCN(C)C)C1c1ccc(F)cc1.Cc1cc(OCC(C)C)ccc1/C(O)=C1\C(=O)C(=O)N(CCN(C)C)C1c1ccc(F)cc1. The molecule has 30 heteroatoms. The number of esters is 1. The molecule has 4 N–H and O–H groups in total. The number of Topliss-reactive ketones (excluding diaryl/α,β-unsaturated/α-hetero) is 4. The molecule has 4 aliphatic rings. The first-order valence-corrected chi connectivity index (χ1v) is 46.0. The fraction of sp³-hybridized carbons (Fsp3) is 0.398. The van der Waals surface area contributed by atoms with Gasteiger partial charge in [0.2, 0.25) is 0 Å². The molecule has 740 valence electrons. The molecule has 0 radical (unpaired) electrons. The molecule has 26 nitrogen and oxygen atoms in total. The van der Waals surface area contributed by atoms with Gasteiger partial charge < -0.3 is 83.3 Å². The zero-order valence-electron chi connectivity index (χ0n) is 83.1. The van der Waals surface area contributed by atoms with Crippen molar-refractivity contribution in [3.63, 3.8) is 0 Å². The number of hydrogen-bond donors (Lipinski definition) is 4. The smallest absolute Gasteiger partial charge is 0.302 e. The van der Waals surface area contributed by atoms with Crippen LogP contribution in [0.1, 0.15) is 160 Å². The summed E-state index contributed by atoms with van der Waals surface area (Å²) in [5.41, 5.74) is 6.91. The summed E-state index contributed by atoms with van der Waals surface area (Å²) in [7, 11) is 15.0. The van der Waals surface area contributed by atoms with Crippen molar-refractivity contribution in [3.05, 3.63) is 282 Å². The van der Waals surface area contributed by atoms with E-state index in [2.05, 4.69) is 60.1 Å². The molecule has 4 amide bonds. The van der Waals surface area contributed by atoms with Gasteiger partial charge >= 0.3 is 5.97 Å². The highest BCUT2D eigenvalue weighted by Gasteiger charge is 2.50. The Morgan fingerprint density at radius 2 is 0.500 bits per heavy atom. The number of aryl methyl sites for hydroxylation is 4. The predicted octanol–water partition coefficient (Wildman–Crippen LogP) is 17.2. The number of carbonyl (C=O) groups is 9. The Bertz CT molecular complexity index is 5090. The number of amides is 4. The number of ketones is 4. The lowest BCUT2D eigenvalue weighted by atomic mass is 9.94. The number of aliphatic hydroxyl groups is 4. The van der Waals surface area contributed by atoms with E-state index < -0.39 is 94.2 Å². The van der Waals surface area contributed by atoms with E-state index in [9.17, 15) is 81.1 Å². The zero-order valence-corrected chi connectivity index (χ0v) is 83.1. The number of carbonyl (C=O) groups excluding carboxylic acids is 9. The maximum absolute atomic E-state index is 13.6. The number of likely N-dealkylation sites (N-methyl/N-ethyl adjacent to an activating group) is 4. The molecule has 4 unspecified atom stereocenters. The Hall–Kier alpha value is -13.3. The number of aliphatic hydroxyl groups excluding tert-OH is 4. The molecule has 8 aromatic carbocycles. The van der Waals surface area contributed by atoms with Crippen molar-refractivity contribution in [2.75, 3.05) is 142 Å². The van der Waals surface area contributed by atoms with Gasteiger partial charge in [-0.1, -0.05) is 104 Å². The van der Waals surface area contributed by atoms with Crippen LogP contribution in [0.15, 0.2) is 192 Å². The van der Waals surface area contributed by atoms with Gasteiger partial charge in [-0.15, -0.1) is 0 Å². The van der Waals surface area contributed by atoms with E-state index in [0.29, 0.717) is 173 Å². The Morgan fingerprint density at radius 3 is 0.638 bits per heavy atom. The van der Waals surface area contributed by atoms with Crippen LogP contribution in [0.3, 0.4) is 0 Å². The van der Waals surface area contributed by atoms with E-state index >= 15 is 0 Å². The summed E-state index contributed by atoms with van der Waals surface area (Å²) in [5, 5.41) is 44.9. The number of likely N-dealkylation sites (tertiary alicyclic amines) is 4. The van der Waals surface area contributed by atoms with Crippen LogP contribution in [0.25, 0.3) is 23.0 Å². The summed E-state index contributed by atoms with van der Waals surface area (Å²) >= 11 is 0. The lowest BCUT2D eigenvalue weighted by Crippen LogP contribution is -2.35. The van der Waals surface area contributed by atoms with Gasteiger partial charge in [-0.3, -0.25) is 43.2 Å². The van der Waals surface area contributed by atoms with E-state index in [4.69, 9.17) is 18.9 Å². The van der Waals surface area contributed by atoms with Crippen molar-refractivity contribution in [3.8, 4) is 23.0 Å². The molecule has 12 rings (SSSR count). The summed E-state index contributed by atoms with van der Waals surface area (Å²) in [6, 6.07) is 40.3. The molecular formula is C108H132F4N8O18. The number of ether oxygens (including phenoxy) is 5. The van der Waals surface area contributed by atoms with Crippen LogP contribution in [0.5, 0.6) is 23.0 Å². The Labute approximate surface area is 807 Å². The molecule has 0 aromatic heterocycles. The van der Waals surface area contributed by atoms with E-state index in [1.807, 2.05) is 104 Å². The van der Waals surface area contributed by atoms with Gasteiger partial charge in [-0.25, -0.2) is 17.6 Å². The van der Waals surface area contributed by atoms with Crippen LogP contribution in [0, 0.1) is 74.6 Å². The largest absolute Gasteiger partial charge is 0.507 e.